The third-order valence-corrected chi connectivity index (χ3v) is 3.64. The minimum Gasteiger partial charge on any atom is -0.478 e. The zero-order valence-electron chi connectivity index (χ0n) is 15.4. The molecule has 1 heterocycles. The molecule has 0 fully saturated rings. The lowest BCUT2D eigenvalue weighted by Gasteiger charge is -2.04. The molecule has 0 aliphatic rings. The first-order chi connectivity index (χ1) is 12.6. The Bertz CT molecular complexity index is 598. The van der Waals surface area contributed by atoms with Gasteiger partial charge in [-0.25, -0.2) is 9.59 Å². The van der Waals surface area contributed by atoms with Gasteiger partial charge in [0.05, 0.1) is 0 Å². The largest absolute Gasteiger partial charge is 0.490 e. The normalized spacial score (nSPS) is 10.7. The van der Waals surface area contributed by atoms with Crippen molar-refractivity contribution in [3.63, 3.8) is 0 Å². The van der Waals surface area contributed by atoms with Crippen molar-refractivity contribution in [2.45, 2.75) is 64.5 Å². The highest BCUT2D eigenvalue weighted by Crippen LogP contribution is 2.13. The summed E-state index contributed by atoms with van der Waals surface area (Å²) in [7, 11) is 0. The minimum atomic E-state index is -5.08. The predicted octanol–water partition coefficient (Wildman–Crippen LogP) is 4.80. The average molecular weight is 389 g/mol. The first kappa shape index (κ1) is 24.6. The Morgan fingerprint density at radius 1 is 1.07 bits per heavy atom. The predicted molar refractivity (Wildman–Crippen MR) is 95.5 cm³/mol. The quantitative estimate of drug-likeness (QED) is 0.443. The first-order valence-electron chi connectivity index (χ1n) is 8.72. The number of carboxylic acid groups (broad SMARTS) is 2. The molecular formula is C19H26F3NO4. The zero-order chi connectivity index (χ0) is 20.9. The van der Waals surface area contributed by atoms with Crippen LogP contribution in [0, 0.1) is 0 Å². The van der Waals surface area contributed by atoms with E-state index < -0.39 is 18.1 Å². The van der Waals surface area contributed by atoms with E-state index in [2.05, 4.69) is 18.5 Å². The van der Waals surface area contributed by atoms with Gasteiger partial charge in [-0.2, -0.15) is 13.2 Å². The first-order valence-corrected chi connectivity index (χ1v) is 8.72. The summed E-state index contributed by atoms with van der Waals surface area (Å²) in [6.07, 6.45) is 5.89. The number of unbranched alkanes of at least 4 members (excludes halogenated alkanes) is 5. The number of aromatic nitrogens is 1. The summed E-state index contributed by atoms with van der Waals surface area (Å²) in [5.74, 6) is -3.71. The summed E-state index contributed by atoms with van der Waals surface area (Å²) in [5, 5.41) is 15.9. The second-order valence-electron chi connectivity index (χ2n) is 6.06. The monoisotopic (exact) mass is 389 g/mol. The third kappa shape index (κ3) is 12.6. The van der Waals surface area contributed by atoms with Crippen molar-refractivity contribution < 1.29 is 33.0 Å². The number of halogens is 3. The number of alkyl halides is 3. The maximum absolute atomic E-state index is 10.7. The Morgan fingerprint density at radius 3 is 2.07 bits per heavy atom. The summed E-state index contributed by atoms with van der Waals surface area (Å²) in [4.78, 5) is 23.9. The summed E-state index contributed by atoms with van der Waals surface area (Å²) in [6, 6.07) is 3.95. The molecule has 1 aromatic rings. The summed E-state index contributed by atoms with van der Waals surface area (Å²) in [6.45, 7) is 5.75. The number of hydrogen-bond donors (Lipinski definition) is 2. The summed E-state index contributed by atoms with van der Waals surface area (Å²) >= 11 is 0. The Kier molecular flexibility index (Phi) is 11.8. The van der Waals surface area contributed by atoms with E-state index >= 15 is 0 Å². The summed E-state index contributed by atoms with van der Waals surface area (Å²) in [5.41, 5.74) is 2.18. The number of aliphatic carboxylic acids is 2. The molecule has 0 saturated carbocycles. The van der Waals surface area contributed by atoms with Crippen LogP contribution >= 0.6 is 0 Å². The lowest BCUT2D eigenvalue weighted by atomic mass is 10.1. The molecule has 0 spiro atoms. The van der Waals surface area contributed by atoms with Crippen LogP contribution in [0.4, 0.5) is 13.2 Å². The Balaban J connectivity index is 0.000000821. The van der Waals surface area contributed by atoms with Crippen molar-refractivity contribution in [3.8, 4) is 0 Å². The van der Waals surface area contributed by atoms with E-state index in [0.29, 0.717) is 6.42 Å². The minimum absolute atomic E-state index is 0.182. The number of aryl methyl sites for hydroxylation is 1. The Hall–Kier alpha value is -2.38. The van der Waals surface area contributed by atoms with Crippen molar-refractivity contribution in [2.75, 3.05) is 0 Å². The maximum Gasteiger partial charge on any atom is 0.490 e. The summed E-state index contributed by atoms with van der Waals surface area (Å²) < 4.78 is 31.7. The number of rotatable bonds is 10. The van der Waals surface area contributed by atoms with E-state index in [1.54, 1.807) is 0 Å². The van der Waals surface area contributed by atoms with Crippen LogP contribution in [0.25, 0.3) is 0 Å². The van der Waals surface area contributed by atoms with Gasteiger partial charge in [0.2, 0.25) is 0 Å². The van der Waals surface area contributed by atoms with Gasteiger partial charge < -0.3 is 10.2 Å². The number of carboxylic acids is 2. The molecule has 27 heavy (non-hydrogen) atoms. The number of carbonyl (C=O) groups is 2. The van der Waals surface area contributed by atoms with Crippen LogP contribution in [0.3, 0.4) is 0 Å². The molecule has 0 bridgehead atoms. The van der Waals surface area contributed by atoms with Gasteiger partial charge in [0.15, 0.2) is 0 Å². The van der Waals surface area contributed by atoms with Gasteiger partial charge in [-0.15, -0.1) is 0 Å². The smallest absolute Gasteiger partial charge is 0.478 e. The zero-order valence-corrected chi connectivity index (χ0v) is 15.4. The van der Waals surface area contributed by atoms with E-state index in [9.17, 15) is 18.0 Å². The topological polar surface area (TPSA) is 87.5 Å². The van der Waals surface area contributed by atoms with Crippen LogP contribution in [-0.2, 0) is 22.4 Å². The van der Waals surface area contributed by atoms with Crippen molar-refractivity contribution in [1.29, 1.82) is 0 Å². The van der Waals surface area contributed by atoms with Crippen molar-refractivity contribution in [2.24, 2.45) is 0 Å². The highest BCUT2D eigenvalue weighted by molar-refractivity contribution is 5.86. The molecule has 8 heteroatoms. The molecule has 0 amide bonds. The molecule has 0 aromatic carbocycles. The second kappa shape index (κ2) is 12.9. The Morgan fingerprint density at radius 2 is 1.63 bits per heavy atom. The molecule has 0 saturated heterocycles. The molecule has 0 atom stereocenters. The van der Waals surface area contributed by atoms with E-state index in [1.165, 1.54) is 44.1 Å². The highest BCUT2D eigenvalue weighted by atomic mass is 19.4. The van der Waals surface area contributed by atoms with Crippen molar-refractivity contribution in [3.05, 3.63) is 41.7 Å². The van der Waals surface area contributed by atoms with Gasteiger partial charge in [-0.05, 0) is 24.5 Å². The lowest BCUT2D eigenvalue weighted by molar-refractivity contribution is -0.192. The number of pyridine rings is 1. The van der Waals surface area contributed by atoms with Crippen LogP contribution in [0.2, 0.25) is 0 Å². The molecule has 0 aliphatic carbocycles. The molecule has 0 radical (unpaired) electrons. The third-order valence-electron chi connectivity index (χ3n) is 3.64. The van der Waals surface area contributed by atoms with Crippen LogP contribution in [0.5, 0.6) is 0 Å². The van der Waals surface area contributed by atoms with Crippen LogP contribution in [-0.4, -0.2) is 33.3 Å². The van der Waals surface area contributed by atoms with Gasteiger partial charge in [0.25, 0.3) is 0 Å². The molecule has 5 nitrogen and oxygen atoms in total. The van der Waals surface area contributed by atoms with Crippen molar-refractivity contribution in [1.82, 2.24) is 4.98 Å². The lowest BCUT2D eigenvalue weighted by Crippen LogP contribution is -2.21. The number of hydrogen-bond acceptors (Lipinski definition) is 3. The molecule has 1 rings (SSSR count). The molecule has 152 valence electrons. The molecular weight excluding hydrogens is 363 g/mol. The van der Waals surface area contributed by atoms with E-state index in [-0.39, 0.29) is 5.57 Å². The standard InChI is InChI=1S/C17H25NO2.C2HF3O2/c1-3-4-5-6-7-8-9-15-10-11-16(18-13-15)12-14(2)17(19)20;3-2(4,5)1(6)7/h10-11,13H,2-9,12H2,1H3,(H,19,20);(H,6,7). The second-order valence-corrected chi connectivity index (χ2v) is 6.06. The van der Waals surface area contributed by atoms with Gasteiger partial charge in [0.1, 0.15) is 0 Å². The molecule has 1 aromatic heterocycles. The fourth-order valence-corrected chi connectivity index (χ4v) is 2.11. The van der Waals surface area contributed by atoms with E-state index in [4.69, 9.17) is 15.0 Å². The SMILES string of the molecule is C=C(Cc1ccc(CCCCCCCC)cn1)C(=O)O.O=C(O)C(F)(F)F. The fraction of sp³-hybridized carbons (Fsp3) is 0.526. The van der Waals surface area contributed by atoms with E-state index in [1.807, 2.05) is 18.3 Å². The Labute approximate surface area is 156 Å². The molecule has 0 aliphatic heterocycles. The van der Waals surface area contributed by atoms with Crippen LogP contribution in [0.15, 0.2) is 30.5 Å². The van der Waals surface area contributed by atoms with Crippen LogP contribution < -0.4 is 0 Å². The van der Waals surface area contributed by atoms with E-state index in [0.717, 1.165) is 12.1 Å². The highest BCUT2D eigenvalue weighted by Gasteiger charge is 2.38. The fourth-order valence-electron chi connectivity index (χ4n) is 2.11. The average Bonchev–Trinajstić information content (AvgIpc) is 2.59. The molecule has 0 unspecified atom stereocenters. The van der Waals surface area contributed by atoms with Gasteiger partial charge in [-0.1, -0.05) is 51.7 Å². The van der Waals surface area contributed by atoms with Gasteiger partial charge in [0, 0.05) is 23.9 Å². The maximum atomic E-state index is 10.7. The van der Waals surface area contributed by atoms with Crippen molar-refractivity contribution >= 4 is 11.9 Å². The molecule has 2 N–H and O–H groups in total. The van der Waals surface area contributed by atoms with Crippen LogP contribution in [0.1, 0.15) is 56.7 Å². The number of nitrogens with zero attached hydrogens (tertiary/aromatic N) is 1. The van der Waals surface area contributed by atoms with Gasteiger partial charge >= 0.3 is 18.1 Å². The van der Waals surface area contributed by atoms with Gasteiger partial charge in [-0.3, -0.25) is 4.98 Å².